The van der Waals surface area contributed by atoms with Gasteiger partial charge in [0.05, 0.1) is 23.1 Å². The summed E-state index contributed by atoms with van der Waals surface area (Å²) < 4.78 is 1.92. The average Bonchev–Trinajstić information content (AvgIpc) is 3.12. The molecule has 0 bridgehead atoms. The lowest BCUT2D eigenvalue weighted by molar-refractivity contribution is 0.102. The van der Waals surface area contributed by atoms with E-state index in [2.05, 4.69) is 30.7 Å². The maximum absolute atomic E-state index is 13.2. The van der Waals surface area contributed by atoms with Crippen molar-refractivity contribution in [2.45, 2.75) is 13.8 Å². The van der Waals surface area contributed by atoms with Crippen molar-refractivity contribution in [3.8, 4) is 0 Å². The Hall–Kier alpha value is -3.52. The van der Waals surface area contributed by atoms with Crippen LogP contribution in [-0.2, 0) is 0 Å². The molecule has 5 rings (SSSR count). The molecule has 0 atom stereocenters. The number of benzene rings is 1. The van der Waals surface area contributed by atoms with Crippen LogP contribution in [0.1, 0.15) is 21.6 Å². The van der Waals surface area contributed by atoms with Crippen LogP contribution in [-0.4, -0.2) is 51.7 Å². The summed E-state index contributed by atoms with van der Waals surface area (Å²) in [4.78, 5) is 20.0. The summed E-state index contributed by atoms with van der Waals surface area (Å²) in [5, 5.41) is 15.7. The van der Waals surface area contributed by atoms with Gasteiger partial charge in [-0.3, -0.25) is 4.79 Å². The van der Waals surface area contributed by atoms with Crippen LogP contribution in [0.15, 0.2) is 42.9 Å². The SMILES string of the molecule is Cc1cn2cc(NC(=O)c3ccc(N4CCNCC4)c4ccnnc34)c(C)cc2n1. The Bertz CT molecular complexity index is 1260. The number of hydrogen-bond donors (Lipinski definition) is 2. The number of nitrogens with zero attached hydrogens (tertiary/aromatic N) is 5. The Morgan fingerprint density at radius 3 is 2.80 bits per heavy atom. The molecule has 1 aliphatic rings. The number of hydrogen-bond acceptors (Lipinski definition) is 6. The average molecular weight is 401 g/mol. The first-order valence-electron chi connectivity index (χ1n) is 10.1. The largest absolute Gasteiger partial charge is 0.368 e. The van der Waals surface area contributed by atoms with Crippen LogP contribution < -0.4 is 15.5 Å². The smallest absolute Gasteiger partial charge is 0.257 e. The molecule has 4 heterocycles. The molecule has 8 heteroatoms. The fourth-order valence-corrected chi connectivity index (χ4v) is 4.01. The van der Waals surface area contributed by atoms with Crippen LogP contribution in [0.25, 0.3) is 16.6 Å². The van der Waals surface area contributed by atoms with Crippen molar-refractivity contribution in [2.24, 2.45) is 0 Å². The fourth-order valence-electron chi connectivity index (χ4n) is 4.01. The van der Waals surface area contributed by atoms with E-state index in [1.165, 1.54) is 0 Å². The highest BCUT2D eigenvalue weighted by Crippen LogP contribution is 2.29. The second kappa shape index (κ2) is 7.38. The molecule has 152 valence electrons. The third-order valence-corrected chi connectivity index (χ3v) is 5.53. The number of carbonyl (C=O) groups excluding carboxylic acids is 1. The lowest BCUT2D eigenvalue weighted by atomic mass is 10.1. The molecule has 1 aromatic carbocycles. The van der Waals surface area contributed by atoms with Gasteiger partial charge in [-0.05, 0) is 43.7 Å². The predicted octanol–water partition coefficient (Wildman–Crippen LogP) is 2.56. The highest BCUT2D eigenvalue weighted by atomic mass is 16.1. The molecular weight excluding hydrogens is 378 g/mol. The van der Waals surface area contributed by atoms with E-state index in [0.29, 0.717) is 11.1 Å². The molecule has 8 nitrogen and oxygen atoms in total. The van der Waals surface area contributed by atoms with Gasteiger partial charge in [-0.1, -0.05) is 0 Å². The Kier molecular flexibility index (Phi) is 4.55. The molecule has 1 aliphatic heterocycles. The Labute approximate surface area is 173 Å². The Balaban J connectivity index is 1.52. The van der Waals surface area contributed by atoms with E-state index in [1.807, 2.05) is 54.9 Å². The summed E-state index contributed by atoms with van der Waals surface area (Å²) in [7, 11) is 0. The van der Waals surface area contributed by atoms with Crippen LogP contribution >= 0.6 is 0 Å². The van der Waals surface area contributed by atoms with Crippen LogP contribution in [0, 0.1) is 13.8 Å². The molecule has 0 saturated carbocycles. The highest BCUT2D eigenvalue weighted by molar-refractivity contribution is 6.14. The number of nitrogens with one attached hydrogen (secondary N) is 2. The van der Waals surface area contributed by atoms with E-state index in [1.54, 1.807) is 6.20 Å². The highest BCUT2D eigenvalue weighted by Gasteiger charge is 2.19. The number of piperazine rings is 1. The number of amides is 1. The summed E-state index contributed by atoms with van der Waals surface area (Å²) >= 11 is 0. The monoisotopic (exact) mass is 401 g/mol. The van der Waals surface area contributed by atoms with Crippen molar-refractivity contribution in [1.29, 1.82) is 0 Å². The van der Waals surface area contributed by atoms with Crippen molar-refractivity contribution in [1.82, 2.24) is 24.9 Å². The number of fused-ring (bicyclic) bond motifs is 2. The lowest BCUT2D eigenvalue weighted by Gasteiger charge is -2.30. The maximum Gasteiger partial charge on any atom is 0.257 e. The van der Waals surface area contributed by atoms with Gasteiger partial charge in [0.1, 0.15) is 11.2 Å². The molecule has 3 aromatic heterocycles. The van der Waals surface area contributed by atoms with Gasteiger partial charge in [-0.2, -0.15) is 5.10 Å². The minimum absolute atomic E-state index is 0.202. The topological polar surface area (TPSA) is 87.5 Å². The van der Waals surface area contributed by atoms with Crippen molar-refractivity contribution in [3.05, 3.63) is 59.7 Å². The number of rotatable bonds is 3. The molecule has 0 spiro atoms. The van der Waals surface area contributed by atoms with E-state index < -0.39 is 0 Å². The van der Waals surface area contributed by atoms with Crippen molar-refractivity contribution < 1.29 is 4.79 Å². The summed E-state index contributed by atoms with van der Waals surface area (Å²) in [5.74, 6) is -0.202. The predicted molar refractivity (Wildman–Crippen MR) is 117 cm³/mol. The number of pyridine rings is 1. The van der Waals surface area contributed by atoms with Crippen LogP contribution in [0.3, 0.4) is 0 Å². The quantitative estimate of drug-likeness (QED) is 0.549. The van der Waals surface area contributed by atoms with Crippen molar-refractivity contribution in [3.63, 3.8) is 0 Å². The first-order chi connectivity index (χ1) is 14.6. The van der Waals surface area contributed by atoms with Gasteiger partial charge in [0.25, 0.3) is 5.91 Å². The molecule has 1 amide bonds. The van der Waals surface area contributed by atoms with E-state index in [4.69, 9.17) is 0 Å². The zero-order valence-corrected chi connectivity index (χ0v) is 17.0. The second-order valence-electron chi connectivity index (χ2n) is 7.63. The minimum atomic E-state index is -0.202. The van der Waals surface area contributed by atoms with Crippen molar-refractivity contribution in [2.75, 3.05) is 36.4 Å². The van der Waals surface area contributed by atoms with Crippen LogP contribution in [0.2, 0.25) is 0 Å². The van der Waals surface area contributed by atoms with Gasteiger partial charge in [0.15, 0.2) is 0 Å². The number of carbonyl (C=O) groups is 1. The summed E-state index contributed by atoms with van der Waals surface area (Å²) in [6.45, 7) is 7.64. The normalized spacial score (nSPS) is 14.4. The number of aromatic nitrogens is 4. The van der Waals surface area contributed by atoms with Gasteiger partial charge in [0.2, 0.25) is 0 Å². The molecule has 0 radical (unpaired) electrons. The minimum Gasteiger partial charge on any atom is -0.368 e. The number of imidazole rings is 1. The van der Waals surface area contributed by atoms with E-state index >= 15 is 0 Å². The molecule has 0 aliphatic carbocycles. The maximum atomic E-state index is 13.2. The van der Waals surface area contributed by atoms with Gasteiger partial charge in [-0.15, -0.1) is 5.10 Å². The second-order valence-corrected chi connectivity index (χ2v) is 7.63. The summed E-state index contributed by atoms with van der Waals surface area (Å²) in [6.07, 6.45) is 5.51. The molecule has 4 aromatic rings. The molecule has 2 N–H and O–H groups in total. The summed E-state index contributed by atoms with van der Waals surface area (Å²) in [6, 6.07) is 7.76. The molecule has 1 fully saturated rings. The molecule has 1 saturated heterocycles. The Morgan fingerprint density at radius 1 is 1.13 bits per heavy atom. The van der Waals surface area contributed by atoms with E-state index in [0.717, 1.165) is 59.8 Å². The van der Waals surface area contributed by atoms with Gasteiger partial charge >= 0.3 is 0 Å². The van der Waals surface area contributed by atoms with Gasteiger partial charge in [-0.25, -0.2) is 4.98 Å². The zero-order chi connectivity index (χ0) is 20.7. The zero-order valence-electron chi connectivity index (χ0n) is 17.0. The third kappa shape index (κ3) is 3.25. The lowest BCUT2D eigenvalue weighted by Crippen LogP contribution is -2.43. The summed E-state index contributed by atoms with van der Waals surface area (Å²) in [5.41, 5.74) is 5.70. The first-order valence-corrected chi connectivity index (χ1v) is 10.1. The number of aryl methyl sites for hydroxylation is 2. The van der Waals surface area contributed by atoms with E-state index in [9.17, 15) is 4.79 Å². The third-order valence-electron chi connectivity index (χ3n) is 5.53. The fraction of sp³-hybridized carbons (Fsp3) is 0.273. The van der Waals surface area contributed by atoms with Crippen LogP contribution in [0.4, 0.5) is 11.4 Å². The molecular formula is C22H23N7O. The van der Waals surface area contributed by atoms with Crippen molar-refractivity contribution >= 4 is 33.8 Å². The number of anilines is 2. The first kappa shape index (κ1) is 18.5. The van der Waals surface area contributed by atoms with Gasteiger partial charge in [0, 0.05) is 49.6 Å². The molecule has 30 heavy (non-hydrogen) atoms. The molecule has 0 unspecified atom stereocenters. The van der Waals surface area contributed by atoms with E-state index in [-0.39, 0.29) is 5.91 Å². The standard InChI is InChI=1S/C22H23N7O/c1-14-11-20-25-15(2)12-29(20)13-18(14)26-22(30)17-3-4-19(28-9-7-23-8-10-28)16-5-6-24-27-21(16)17/h3-6,11-13,23H,7-10H2,1-2H3,(H,26,30). The van der Waals surface area contributed by atoms with Crippen LogP contribution in [0.5, 0.6) is 0 Å². The van der Waals surface area contributed by atoms with Gasteiger partial charge < -0.3 is 19.9 Å². The Morgan fingerprint density at radius 2 is 1.97 bits per heavy atom.